The summed E-state index contributed by atoms with van der Waals surface area (Å²) in [6.07, 6.45) is 4.83. The van der Waals surface area contributed by atoms with Crippen molar-refractivity contribution in [2.45, 2.75) is 33.1 Å². The van der Waals surface area contributed by atoms with Crippen LogP contribution in [0.1, 0.15) is 32.5 Å². The SMILES string of the molecule is CC(C)C(CCN)CCc1nnc2cccnn12. The number of aryl methyl sites for hydroxylation is 1. The predicted octanol–water partition coefficient (Wildman–Crippen LogP) is 1.68. The zero-order valence-corrected chi connectivity index (χ0v) is 11.1. The second-order valence-electron chi connectivity index (χ2n) is 5.03. The summed E-state index contributed by atoms with van der Waals surface area (Å²) in [7, 11) is 0. The Morgan fingerprint density at radius 3 is 2.83 bits per heavy atom. The van der Waals surface area contributed by atoms with Crippen LogP contribution in [0.5, 0.6) is 0 Å². The highest BCUT2D eigenvalue weighted by Crippen LogP contribution is 2.20. The van der Waals surface area contributed by atoms with E-state index in [0.717, 1.165) is 37.3 Å². The Labute approximate surface area is 107 Å². The van der Waals surface area contributed by atoms with Gasteiger partial charge in [-0.25, -0.2) is 0 Å². The van der Waals surface area contributed by atoms with Crippen molar-refractivity contribution >= 4 is 5.65 Å². The molecule has 1 atom stereocenters. The van der Waals surface area contributed by atoms with Gasteiger partial charge >= 0.3 is 0 Å². The Bertz CT molecular complexity index is 491. The lowest BCUT2D eigenvalue weighted by atomic mass is 9.88. The van der Waals surface area contributed by atoms with Crippen LogP contribution in [0.25, 0.3) is 5.65 Å². The molecule has 98 valence electrons. The van der Waals surface area contributed by atoms with Crippen molar-refractivity contribution in [3.05, 3.63) is 24.2 Å². The number of hydrogen-bond donors (Lipinski definition) is 1. The molecule has 5 nitrogen and oxygen atoms in total. The van der Waals surface area contributed by atoms with Crippen molar-refractivity contribution in [2.75, 3.05) is 6.54 Å². The van der Waals surface area contributed by atoms with Gasteiger partial charge in [-0.1, -0.05) is 13.8 Å². The quantitative estimate of drug-likeness (QED) is 0.843. The molecule has 18 heavy (non-hydrogen) atoms. The van der Waals surface area contributed by atoms with Crippen LogP contribution in [0.3, 0.4) is 0 Å². The molecular weight excluding hydrogens is 226 g/mol. The number of hydrogen-bond acceptors (Lipinski definition) is 4. The van der Waals surface area contributed by atoms with E-state index in [0.29, 0.717) is 11.8 Å². The van der Waals surface area contributed by atoms with Gasteiger partial charge in [0.2, 0.25) is 0 Å². The zero-order chi connectivity index (χ0) is 13.0. The Morgan fingerprint density at radius 1 is 1.28 bits per heavy atom. The lowest BCUT2D eigenvalue weighted by molar-refractivity contribution is 0.338. The fourth-order valence-electron chi connectivity index (χ4n) is 2.29. The molecule has 2 heterocycles. The van der Waals surface area contributed by atoms with Crippen LogP contribution < -0.4 is 5.73 Å². The largest absolute Gasteiger partial charge is 0.330 e. The van der Waals surface area contributed by atoms with Crippen molar-refractivity contribution in [2.24, 2.45) is 17.6 Å². The first kappa shape index (κ1) is 13.0. The average Bonchev–Trinajstić information content (AvgIpc) is 2.77. The van der Waals surface area contributed by atoms with Crippen molar-refractivity contribution in [3.8, 4) is 0 Å². The molecule has 2 N–H and O–H groups in total. The highest BCUT2D eigenvalue weighted by molar-refractivity contribution is 5.34. The van der Waals surface area contributed by atoms with Crippen LogP contribution in [0.4, 0.5) is 0 Å². The summed E-state index contributed by atoms with van der Waals surface area (Å²) in [5.41, 5.74) is 6.47. The minimum atomic E-state index is 0.645. The monoisotopic (exact) mass is 247 g/mol. The Kier molecular flexibility index (Phi) is 4.25. The van der Waals surface area contributed by atoms with E-state index in [4.69, 9.17) is 5.73 Å². The van der Waals surface area contributed by atoms with Crippen LogP contribution >= 0.6 is 0 Å². The summed E-state index contributed by atoms with van der Waals surface area (Å²) in [6.45, 7) is 5.25. The third-order valence-electron chi connectivity index (χ3n) is 3.46. The lowest BCUT2D eigenvalue weighted by Crippen LogP contribution is -2.15. The molecule has 5 heteroatoms. The highest BCUT2D eigenvalue weighted by Gasteiger charge is 2.14. The van der Waals surface area contributed by atoms with Gasteiger partial charge in [0.25, 0.3) is 0 Å². The summed E-state index contributed by atoms with van der Waals surface area (Å²) in [6, 6.07) is 3.79. The van der Waals surface area contributed by atoms with Gasteiger partial charge in [-0.15, -0.1) is 10.2 Å². The molecule has 1 unspecified atom stereocenters. The smallest absolute Gasteiger partial charge is 0.177 e. The fraction of sp³-hybridized carbons (Fsp3) is 0.615. The molecule has 0 spiro atoms. The Balaban J connectivity index is 2.05. The number of nitrogens with two attached hydrogens (primary N) is 1. The van der Waals surface area contributed by atoms with E-state index >= 15 is 0 Å². The first-order valence-corrected chi connectivity index (χ1v) is 6.57. The zero-order valence-electron chi connectivity index (χ0n) is 11.1. The lowest BCUT2D eigenvalue weighted by Gasteiger charge is -2.19. The molecule has 0 saturated carbocycles. The number of fused-ring (bicyclic) bond motifs is 1. The van der Waals surface area contributed by atoms with E-state index in [2.05, 4.69) is 29.1 Å². The van der Waals surface area contributed by atoms with Crippen LogP contribution in [-0.2, 0) is 6.42 Å². The first-order chi connectivity index (χ1) is 8.72. The number of aromatic nitrogens is 4. The molecule has 0 saturated heterocycles. The van der Waals surface area contributed by atoms with Gasteiger partial charge in [0.05, 0.1) is 0 Å². The highest BCUT2D eigenvalue weighted by atomic mass is 15.4. The van der Waals surface area contributed by atoms with Gasteiger partial charge in [0.1, 0.15) is 0 Å². The second kappa shape index (κ2) is 5.91. The van der Waals surface area contributed by atoms with Gasteiger partial charge in [0, 0.05) is 12.6 Å². The Hall–Kier alpha value is -1.49. The molecule has 2 aromatic rings. The van der Waals surface area contributed by atoms with E-state index in [1.54, 1.807) is 6.20 Å². The molecule has 2 rings (SSSR count). The van der Waals surface area contributed by atoms with Gasteiger partial charge < -0.3 is 5.73 Å². The van der Waals surface area contributed by atoms with E-state index in [9.17, 15) is 0 Å². The molecule has 2 aromatic heterocycles. The van der Waals surface area contributed by atoms with Crippen LogP contribution in [0, 0.1) is 11.8 Å². The molecule has 0 bridgehead atoms. The van der Waals surface area contributed by atoms with E-state index in [1.165, 1.54) is 0 Å². The maximum atomic E-state index is 5.66. The summed E-state index contributed by atoms with van der Waals surface area (Å²) in [5.74, 6) is 2.24. The molecular formula is C13H21N5. The summed E-state index contributed by atoms with van der Waals surface area (Å²) >= 11 is 0. The molecule has 0 aliphatic heterocycles. The van der Waals surface area contributed by atoms with E-state index in [-0.39, 0.29) is 0 Å². The summed E-state index contributed by atoms with van der Waals surface area (Å²) < 4.78 is 1.82. The van der Waals surface area contributed by atoms with Crippen molar-refractivity contribution in [1.29, 1.82) is 0 Å². The van der Waals surface area contributed by atoms with Gasteiger partial charge in [0.15, 0.2) is 11.5 Å². The van der Waals surface area contributed by atoms with Gasteiger partial charge in [-0.2, -0.15) is 9.61 Å². The van der Waals surface area contributed by atoms with Gasteiger partial charge in [-0.3, -0.25) is 0 Å². The van der Waals surface area contributed by atoms with Gasteiger partial charge in [-0.05, 0) is 43.4 Å². The van der Waals surface area contributed by atoms with Crippen LogP contribution in [-0.4, -0.2) is 26.4 Å². The van der Waals surface area contributed by atoms with E-state index < -0.39 is 0 Å². The molecule has 0 aromatic carbocycles. The number of nitrogens with zero attached hydrogens (tertiary/aromatic N) is 4. The summed E-state index contributed by atoms with van der Waals surface area (Å²) in [4.78, 5) is 0. The van der Waals surface area contributed by atoms with Crippen molar-refractivity contribution < 1.29 is 0 Å². The maximum absolute atomic E-state index is 5.66. The molecule has 0 fully saturated rings. The third kappa shape index (κ3) is 2.85. The predicted molar refractivity (Wildman–Crippen MR) is 71.1 cm³/mol. The Morgan fingerprint density at radius 2 is 2.11 bits per heavy atom. The maximum Gasteiger partial charge on any atom is 0.177 e. The minimum Gasteiger partial charge on any atom is -0.330 e. The summed E-state index contributed by atoms with van der Waals surface area (Å²) in [5, 5.41) is 12.6. The van der Waals surface area contributed by atoms with Crippen LogP contribution in [0.15, 0.2) is 18.3 Å². The molecule has 0 amide bonds. The standard InChI is InChI=1S/C13H21N5/c1-10(2)11(7-8-14)5-6-13-17-16-12-4-3-9-15-18(12)13/h3-4,9-11H,5-8,14H2,1-2H3. The third-order valence-corrected chi connectivity index (χ3v) is 3.46. The van der Waals surface area contributed by atoms with Crippen molar-refractivity contribution in [1.82, 2.24) is 19.8 Å². The minimum absolute atomic E-state index is 0.645. The van der Waals surface area contributed by atoms with Crippen molar-refractivity contribution in [3.63, 3.8) is 0 Å². The normalized spacial score (nSPS) is 13.3. The fourth-order valence-corrected chi connectivity index (χ4v) is 2.29. The molecule has 0 aliphatic rings. The second-order valence-corrected chi connectivity index (χ2v) is 5.03. The first-order valence-electron chi connectivity index (χ1n) is 6.57. The molecule has 0 radical (unpaired) electrons. The average molecular weight is 247 g/mol. The van der Waals surface area contributed by atoms with Crippen LogP contribution in [0.2, 0.25) is 0 Å². The number of rotatable bonds is 6. The van der Waals surface area contributed by atoms with E-state index in [1.807, 2.05) is 16.6 Å². The topological polar surface area (TPSA) is 69.1 Å². The molecule has 0 aliphatic carbocycles.